The van der Waals surface area contributed by atoms with E-state index >= 15 is 0 Å². The van der Waals surface area contributed by atoms with Crippen molar-refractivity contribution in [2.24, 2.45) is 0 Å². The van der Waals surface area contributed by atoms with Crippen molar-refractivity contribution in [1.29, 1.82) is 0 Å². The number of nitrogens with zero attached hydrogens (tertiary/aromatic N) is 3. The molecule has 0 unspecified atom stereocenters. The van der Waals surface area contributed by atoms with Crippen molar-refractivity contribution in [3.05, 3.63) is 78.7 Å². The standard InChI is InChI=1S/C24H13BrClF3IN5O2/c1-2-7-32-22(36)15-10-12-9-13(25)5-6-14(12)19(30)20(15)33-23(37)17-11-18(24(27,28)29)34-35(17)21-16(26)4-3-8-31-21/h1,3-6,8-11H,7H2,(H,32,36)(H,33,37). The Morgan fingerprint density at radius 2 is 1.95 bits per heavy atom. The Morgan fingerprint density at radius 1 is 1.19 bits per heavy atom. The summed E-state index contributed by atoms with van der Waals surface area (Å²) in [5.41, 5.74) is -1.65. The molecular weight excluding hydrogens is 690 g/mol. The fourth-order valence-electron chi connectivity index (χ4n) is 3.41. The van der Waals surface area contributed by atoms with Gasteiger partial charge < -0.3 is 10.6 Å². The number of fused-ring (bicyclic) bond motifs is 1. The minimum atomic E-state index is -4.84. The number of hydrogen-bond donors (Lipinski definition) is 2. The van der Waals surface area contributed by atoms with E-state index in [1.54, 1.807) is 24.3 Å². The summed E-state index contributed by atoms with van der Waals surface area (Å²) in [4.78, 5) is 30.3. The highest BCUT2D eigenvalue weighted by atomic mass is 127. The molecule has 2 aromatic heterocycles. The number of carbonyl (C=O) groups is 2. The lowest BCUT2D eigenvalue weighted by atomic mass is 10.0. The van der Waals surface area contributed by atoms with Gasteiger partial charge in [-0.3, -0.25) is 9.59 Å². The number of anilines is 1. The Labute approximate surface area is 235 Å². The maximum atomic E-state index is 13.5. The Bertz CT molecular complexity index is 1600. The van der Waals surface area contributed by atoms with Gasteiger partial charge in [-0.15, -0.1) is 6.42 Å². The number of pyridine rings is 1. The lowest BCUT2D eigenvalue weighted by Crippen LogP contribution is -2.26. The largest absolute Gasteiger partial charge is 0.435 e. The summed E-state index contributed by atoms with van der Waals surface area (Å²) in [6.45, 7) is -0.0702. The Hall–Kier alpha value is -3.15. The first-order valence-electron chi connectivity index (χ1n) is 10.2. The highest BCUT2D eigenvalue weighted by Gasteiger charge is 2.37. The minimum Gasteiger partial charge on any atom is -0.341 e. The van der Waals surface area contributed by atoms with Crippen molar-refractivity contribution in [2.75, 3.05) is 11.9 Å². The van der Waals surface area contributed by atoms with E-state index in [-0.39, 0.29) is 28.6 Å². The average molecular weight is 703 g/mol. The van der Waals surface area contributed by atoms with Crippen molar-refractivity contribution < 1.29 is 22.8 Å². The van der Waals surface area contributed by atoms with E-state index in [4.69, 9.17) is 18.0 Å². The zero-order valence-electron chi connectivity index (χ0n) is 18.3. The number of aromatic nitrogens is 3. The number of carbonyl (C=O) groups excluding carboxylic acids is 2. The van der Waals surface area contributed by atoms with Crippen LogP contribution in [0.2, 0.25) is 5.02 Å². The number of amides is 2. The molecule has 7 nitrogen and oxygen atoms in total. The van der Waals surface area contributed by atoms with Crippen LogP contribution < -0.4 is 10.6 Å². The zero-order valence-corrected chi connectivity index (χ0v) is 22.8. The van der Waals surface area contributed by atoms with Gasteiger partial charge in [-0.05, 0) is 63.7 Å². The predicted molar refractivity (Wildman–Crippen MR) is 145 cm³/mol. The van der Waals surface area contributed by atoms with Crippen LogP contribution >= 0.6 is 50.1 Å². The van der Waals surface area contributed by atoms with Crippen LogP contribution in [0.15, 0.2) is 53.1 Å². The Balaban J connectivity index is 1.86. The molecule has 4 aromatic rings. The van der Waals surface area contributed by atoms with Crippen LogP contribution in [0, 0.1) is 15.9 Å². The van der Waals surface area contributed by atoms with Crippen molar-refractivity contribution in [2.45, 2.75) is 6.18 Å². The van der Waals surface area contributed by atoms with Crippen LogP contribution in [0.4, 0.5) is 18.9 Å². The van der Waals surface area contributed by atoms with E-state index in [2.05, 4.69) is 42.6 Å². The molecule has 0 fully saturated rings. The number of terminal acetylenes is 1. The minimum absolute atomic E-state index is 0.0198. The molecule has 0 bridgehead atoms. The van der Waals surface area contributed by atoms with E-state index in [0.717, 1.165) is 4.47 Å². The molecule has 188 valence electrons. The third-order valence-corrected chi connectivity index (χ3v) is 6.95. The quantitative estimate of drug-likeness (QED) is 0.195. The Morgan fingerprint density at radius 3 is 2.62 bits per heavy atom. The van der Waals surface area contributed by atoms with Crippen LogP contribution in [0.1, 0.15) is 26.5 Å². The average Bonchev–Trinajstić information content (AvgIpc) is 3.30. The summed E-state index contributed by atoms with van der Waals surface area (Å²) in [6.07, 6.45) is 1.71. The lowest BCUT2D eigenvalue weighted by molar-refractivity contribution is -0.141. The van der Waals surface area contributed by atoms with Crippen molar-refractivity contribution in [1.82, 2.24) is 20.1 Å². The van der Waals surface area contributed by atoms with Crippen molar-refractivity contribution in [3.63, 3.8) is 0 Å². The van der Waals surface area contributed by atoms with E-state index in [0.29, 0.717) is 25.1 Å². The van der Waals surface area contributed by atoms with Gasteiger partial charge >= 0.3 is 6.18 Å². The number of halogens is 6. The molecule has 2 heterocycles. The van der Waals surface area contributed by atoms with Crippen LogP contribution in [0.5, 0.6) is 0 Å². The predicted octanol–water partition coefficient (Wildman–Crippen LogP) is 6.08. The van der Waals surface area contributed by atoms with Crippen molar-refractivity contribution >= 4 is 78.4 Å². The number of nitrogens with one attached hydrogen (secondary N) is 2. The molecule has 0 aliphatic rings. The molecule has 2 aromatic carbocycles. The monoisotopic (exact) mass is 701 g/mol. The van der Waals surface area contributed by atoms with Gasteiger partial charge in [0.2, 0.25) is 0 Å². The number of hydrogen-bond acceptors (Lipinski definition) is 4. The van der Waals surface area contributed by atoms with Gasteiger partial charge in [0.1, 0.15) is 5.69 Å². The van der Waals surface area contributed by atoms with Gasteiger partial charge in [-0.2, -0.15) is 18.3 Å². The van der Waals surface area contributed by atoms with Gasteiger partial charge in [-0.25, -0.2) is 9.67 Å². The van der Waals surface area contributed by atoms with Gasteiger partial charge in [0.15, 0.2) is 11.5 Å². The second-order valence-corrected chi connectivity index (χ2v) is 9.85. The molecular formula is C24H13BrClF3IN5O2. The molecule has 0 aliphatic heterocycles. The molecule has 37 heavy (non-hydrogen) atoms. The van der Waals surface area contributed by atoms with Crippen molar-refractivity contribution in [3.8, 4) is 18.2 Å². The molecule has 13 heteroatoms. The summed E-state index contributed by atoms with van der Waals surface area (Å²) in [6, 6.07) is 10.4. The van der Waals surface area contributed by atoms with Gasteiger partial charge in [0.25, 0.3) is 11.8 Å². The van der Waals surface area contributed by atoms with Gasteiger partial charge in [0.05, 0.1) is 22.8 Å². The SMILES string of the molecule is C#CCNC(=O)c1cc2cc(Br)ccc2c(I)c1NC(=O)c1cc(C(F)(F)F)nn1-c1ncccc1Cl. The normalized spacial score (nSPS) is 11.3. The maximum Gasteiger partial charge on any atom is 0.435 e. The highest BCUT2D eigenvalue weighted by molar-refractivity contribution is 14.1. The number of rotatable bonds is 5. The van der Waals surface area contributed by atoms with E-state index < -0.39 is 29.4 Å². The van der Waals surface area contributed by atoms with Gasteiger partial charge in [-0.1, -0.05) is 39.5 Å². The van der Waals surface area contributed by atoms with E-state index in [1.807, 2.05) is 22.6 Å². The Kier molecular flexibility index (Phi) is 7.77. The molecule has 0 saturated heterocycles. The fraction of sp³-hybridized carbons (Fsp3) is 0.0833. The summed E-state index contributed by atoms with van der Waals surface area (Å²) in [7, 11) is 0. The second-order valence-electron chi connectivity index (χ2n) is 7.45. The first kappa shape index (κ1) is 26.9. The van der Waals surface area contributed by atoms with E-state index in [1.165, 1.54) is 18.3 Å². The summed E-state index contributed by atoms with van der Waals surface area (Å²) in [5, 5.41) is 10.0. The number of benzene rings is 2. The zero-order chi connectivity index (χ0) is 26.9. The first-order chi connectivity index (χ1) is 17.5. The first-order valence-corrected chi connectivity index (χ1v) is 12.5. The molecule has 0 saturated carbocycles. The second kappa shape index (κ2) is 10.7. The summed E-state index contributed by atoms with van der Waals surface area (Å²) in [5.74, 6) is 0.580. The third kappa shape index (κ3) is 5.58. The topological polar surface area (TPSA) is 88.9 Å². The molecule has 0 spiro atoms. The summed E-state index contributed by atoms with van der Waals surface area (Å²) < 4.78 is 42.5. The molecule has 2 N–H and O–H groups in total. The van der Waals surface area contributed by atoms with Gasteiger partial charge in [0, 0.05) is 20.3 Å². The maximum absolute atomic E-state index is 13.5. The van der Waals surface area contributed by atoms with Crippen LogP contribution in [-0.4, -0.2) is 33.1 Å². The van der Waals surface area contributed by atoms with Crippen LogP contribution in [0.25, 0.3) is 16.6 Å². The molecule has 2 amide bonds. The third-order valence-electron chi connectivity index (χ3n) is 5.05. The summed E-state index contributed by atoms with van der Waals surface area (Å²) >= 11 is 11.5. The fourth-order valence-corrected chi connectivity index (χ4v) is 4.91. The lowest BCUT2D eigenvalue weighted by Gasteiger charge is -2.16. The smallest absolute Gasteiger partial charge is 0.341 e. The molecule has 0 radical (unpaired) electrons. The highest BCUT2D eigenvalue weighted by Crippen LogP contribution is 2.35. The van der Waals surface area contributed by atoms with E-state index in [9.17, 15) is 22.8 Å². The van der Waals surface area contributed by atoms with Crippen LogP contribution in [0.3, 0.4) is 0 Å². The van der Waals surface area contributed by atoms with Crippen LogP contribution in [-0.2, 0) is 6.18 Å². The molecule has 0 atom stereocenters. The number of alkyl halides is 3. The molecule has 4 rings (SSSR count). The molecule has 0 aliphatic carbocycles.